The van der Waals surface area contributed by atoms with Gasteiger partial charge in [0.05, 0.1) is 18.4 Å². The molecule has 0 aliphatic rings. The lowest BCUT2D eigenvalue weighted by Gasteiger charge is -2.10. The van der Waals surface area contributed by atoms with E-state index in [4.69, 9.17) is 21.1 Å². The number of phenolic OH excluding ortho intramolecular Hbond substituents is 1. The molecule has 1 aromatic heterocycles. The van der Waals surface area contributed by atoms with Gasteiger partial charge in [-0.25, -0.2) is 10.2 Å². The van der Waals surface area contributed by atoms with Gasteiger partial charge < -0.3 is 14.6 Å². The van der Waals surface area contributed by atoms with E-state index in [2.05, 4.69) is 10.5 Å². The molecule has 1 amide bonds. The molecule has 0 spiro atoms. The fourth-order valence-electron chi connectivity index (χ4n) is 2.42. The predicted octanol–water partition coefficient (Wildman–Crippen LogP) is 4.49. The molecule has 0 radical (unpaired) electrons. The lowest BCUT2D eigenvalue weighted by Crippen LogP contribution is -2.17. The van der Waals surface area contributed by atoms with Crippen molar-refractivity contribution in [2.75, 3.05) is 6.61 Å². The quantitative estimate of drug-likeness (QED) is 0.242. The predicted molar refractivity (Wildman–Crippen MR) is 115 cm³/mol. The van der Waals surface area contributed by atoms with Crippen LogP contribution >= 0.6 is 22.9 Å². The van der Waals surface area contributed by atoms with Gasteiger partial charge in [-0.15, -0.1) is 11.3 Å². The van der Waals surface area contributed by atoms with E-state index in [1.165, 1.54) is 35.8 Å². The fourth-order valence-corrected chi connectivity index (χ4v) is 3.19. The van der Waals surface area contributed by atoms with Gasteiger partial charge in [-0.05, 0) is 60.3 Å². The summed E-state index contributed by atoms with van der Waals surface area (Å²) < 4.78 is 11.0. The Morgan fingerprint density at radius 2 is 2.03 bits per heavy atom. The maximum Gasteiger partial charge on any atom is 0.353 e. The maximum absolute atomic E-state index is 12.2. The summed E-state index contributed by atoms with van der Waals surface area (Å²) in [6.07, 6.45) is 1.40. The van der Waals surface area contributed by atoms with Crippen molar-refractivity contribution in [3.05, 3.63) is 74.9 Å². The summed E-state index contributed by atoms with van der Waals surface area (Å²) in [6.45, 7) is 2.18. The van der Waals surface area contributed by atoms with Gasteiger partial charge in [0.15, 0.2) is 11.5 Å². The smallest absolute Gasteiger partial charge is 0.353 e. The molecule has 0 atom stereocenters. The molecule has 0 saturated carbocycles. The van der Waals surface area contributed by atoms with Gasteiger partial charge in [-0.1, -0.05) is 17.7 Å². The normalized spacial score (nSPS) is 10.7. The summed E-state index contributed by atoms with van der Waals surface area (Å²) in [5.41, 5.74) is 2.93. The van der Waals surface area contributed by atoms with Crippen LogP contribution in [-0.2, 0) is 0 Å². The molecule has 0 unspecified atom stereocenters. The van der Waals surface area contributed by atoms with Gasteiger partial charge in [0.2, 0.25) is 0 Å². The van der Waals surface area contributed by atoms with E-state index in [1.54, 1.807) is 35.7 Å². The third-order valence-electron chi connectivity index (χ3n) is 3.78. The number of phenols is 1. The van der Waals surface area contributed by atoms with Crippen molar-refractivity contribution < 1.29 is 24.2 Å². The lowest BCUT2D eigenvalue weighted by molar-refractivity contribution is 0.0733. The minimum Gasteiger partial charge on any atom is -0.507 e. The van der Waals surface area contributed by atoms with Gasteiger partial charge in [0, 0.05) is 5.02 Å². The highest BCUT2D eigenvalue weighted by molar-refractivity contribution is 7.12. The largest absolute Gasteiger partial charge is 0.507 e. The molecule has 0 aliphatic carbocycles. The molecular formula is C21H17ClN2O5S. The number of benzene rings is 2. The number of esters is 1. The van der Waals surface area contributed by atoms with Gasteiger partial charge in [0.25, 0.3) is 5.91 Å². The summed E-state index contributed by atoms with van der Waals surface area (Å²) in [5.74, 6) is -0.646. The number of amides is 1. The molecule has 1 heterocycles. The van der Waals surface area contributed by atoms with Crippen molar-refractivity contribution in [1.82, 2.24) is 5.43 Å². The molecule has 9 heteroatoms. The standard InChI is InChI=1S/C21H17ClN2O5S/c1-2-28-18-10-13(5-8-17(18)29-21(27)19-4-3-9-30-19)12-23-24-20(26)15-11-14(22)6-7-16(15)25/h3-12,25H,2H2,1H3,(H,24,26). The fraction of sp³-hybridized carbons (Fsp3) is 0.0952. The molecule has 3 rings (SSSR count). The Morgan fingerprint density at radius 3 is 2.77 bits per heavy atom. The number of carbonyl (C=O) groups excluding carboxylic acids is 2. The number of carbonyl (C=O) groups is 2. The molecule has 0 fully saturated rings. The lowest BCUT2D eigenvalue weighted by atomic mass is 10.2. The number of nitrogens with one attached hydrogen (secondary N) is 1. The van der Waals surface area contributed by atoms with Gasteiger partial charge in [0.1, 0.15) is 10.6 Å². The first-order valence-electron chi connectivity index (χ1n) is 8.82. The SMILES string of the molecule is CCOc1cc(C=NNC(=O)c2cc(Cl)ccc2O)ccc1OC(=O)c1cccs1. The second-order valence-electron chi connectivity index (χ2n) is 5.87. The second-order valence-corrected chi connectivity index (χ2v) is 7.25. The van der Waals surface area contributed by atoms with Crippen LogP contribution in [0.2, 0.25) is 5.02 Å². The Bertz CT molecular complexity index is 1080. The summed E-state index contributed by atoms with van der Waals surface area (Å²) in [6, 6.07) is 12.5. The average molecular weight is 445 g/mol. The zero-order chi connectivity index (χ0) is 21.5. The second kappa shape index (κ2) is 9.91. The number of ether oxygens (including phenoxy) is 2. The summed E-state index contributed by atoms with van der Waals surface area (Å²) in [7, 11) is 0. The third kappa shape index (κ3) is 5.37. The van der Waals surface area contributed by atoms with Crippen LogP contribution in [0.1, 0.15) is 32.5 Å². The van der Waals surface area contributed by atoms with Crippen molar-refractivity contribution in [2.24, 2.45) is 5.10 Å². The highest BCUT2D eigenvalue weighted by atomic mass is 35.5. The average Bonchev–Trinajstić information content (AvgIpc) is 3.27. The van der Waals surface area contributed by atoms with Crippen molar-refractivity contribution in [1.29, 1.82) is 0 Å². The minimum atomic E-state index is -0.613. The van der Waals surface area contributed by atoms with E-state index in [1.807, 2.05) is 6.92 Å². The highest BCUT2D eigenvalue weighted by Gasteiger charge is 2.14. The molecule has 154 valence electrons. The molecular weight excluding hydrogens is 428 g/mol. The number of nitrogens with zero attached hydrogens (tertiary/aromatic N) is 1. The Kier molecular flexibility index (Phi) is 7.05. The van der Waals surface area contributed by atoms with E-state index < -0.39 is 11.9 Å². The molecule has 2 aromatic carbocycles. The van der Waals surface area contributed by atoms with Crippen LogP contribution in [0.15, 0.2) is 59.0 Å². The van der Waals surface area contributed by atoms with Crippen LogP contribution in [0.4, 0.5) is 0 Å². The van der Waals surface area contributed by atoms with Crippen molar-refractivity contribution >= 4 is 41.0 Å². The number of halogens is 1. The number of thiophene rings is 1. The molecule has 7 nitrogen and oxygen atoms in total. The zero-order valence-electron chi connectivity index (χ0n) is 15.8. The monoisotopic (exact) mass is 444 g/mol. The zero-order valence-corrected chi connectivity index (χ0v) is 17.4. The summed E-state index contributed by atoms with van der Waals surface area (Å²) >= 11 is 7.13. The first kappa shape index (κ1) is 21.4. The van der Waals surface area contributed by atoms with E-state index in [9.17, 15) is 14.7 Å². The molecule has 2 N–H and O–H groups in total. The van der Waals surface area contributed by atoms with E-state index in [0.717, 1.165) is 0 Å². The number of hydrogen-bond acceptors (Lipinski definition) is 7. The number of hydrogen-bond donors (Lipinski definition) is 2. The molecule has 0 saturated heterocycles. The number of aromatic hydroxyl groups is 1. The van der Waals surface area contributed by atoms with Gasteiger partial charge in [-0.3, -0.25) is 4.79 Å². The number of hydrazone groups is 1. The van der Waals surface area contributed by atoms with E-state index >= 15 is 0 Å². The first-order valence-corrected chi connectivity index (χ1v) is 10.1. The van der Waals surface area contributed by atoms with Gasteiger partial charge >= 0.3 is 5.97 Å². The van der Waals surface area contributed by atoms with Crippen LogP contribution in [0.25, 0.3) is 0 Å². The van der Waals surface area contributed by atoms with E-state index in [0.29, 0.717) is 27.8 Å². The molecule has 0 aliphatic heterocycles. The first-order chi connectivity index (χ1) is 14.5. The van der Waals surface area contributed by atoms with Crippen molar-refractivity contribution in [2.45, 2.75) is 6.92 Å². The van der Waals surface area contributed by atoms with E-state index in [-0.39, 0.29) is 17.1 Å². The highest BCUT2D eigenvalue weighted by Crippen LogP contribution is 2.29. The topological polar surface area (TPSA) is 97.2 Å². The Balaban J connectivity index is 1.71. The Hall–Kier alpha value is -3.36. The minimum absolute atomic E-state index is 0.00509. The number of rotatable bonds is 7. The summed E-state index contributed by atoms with van der Waals surface area (Å²) in [5, 5.41) is 15.7. The van der Waals surface area contributed by atoms with Crippen molar-refractivity contribution in [3.8, 4) is 17.2 Å². The maximum atomic E-state index is 12.2. The van der Waals surface area contributed by atoms with Crippen LogP contribution < -0.4 is 14.9 Å². The Labute approximate surface area is 181 Å². The van der Waals surface area contributed by atoms with Crippen LogP contribution in [-0.4, -0.2) is 29.8 Å². The molecule has 30 heavy (non-hydrogen) atoms. The Morgan fingerprint density at radius 1 is 1.20 bits per heavy atom. The van der Waals surface area contributed by atoms with Crippen LogP contribution in [0.5, 0.6) is 17.2 Å². The molecule has 0 bridgehead atoms. The van der Waals surface area contributed by atoms with Crippen molar-refractivity contribution in [3.63, 3.8) is 0 Å². The van der Waals surface area contributed by atoms with Crippen LogP contribution in [0, 0.1) is 0 Å². The summed E-state index contributed by atoms with van der Waals surface area (Å²) in [4.78, 5) is 24.8. The van der Waals surface area contributed by atoms with Crippen LogP contribution in [0.3, 0.4) is 0 Å². The van der Waals surface area contributed by atoms with Gasteiger partial charge in [-0.2, -0.15) is 5.10 Å². The molecule has 3 aromatic rings. The third-order valence-corrected chi connectivity index (χ3v) is 4.86.